The first-order valence-corrected chi connectivity index (χ1v) is 10.9. The normalized spacial score (nSPS) is 23.9. The predicted octanol–water partition coefficient (Wildman–Crippen LogP) is 2.45. The number of carbonyl (C=O) groups is 1. The molecule has 0 aliphatic carbocycles. The van der Waals surface area contributed by atoms with Gasteiger partial charge in [-0.2, -0.15) is 0 Å². The van der Waals surface area contributed by atoms with Crippen molar-refractivity contribution in [2.24, 2.45) is 16.8 Å². The van der Waals surface area contributed by atoms with Gasteiger partial charge in [0.05, 0.1) is 26.7 Å². The number of carbonyl (C=O) groups excluding carboxylic acids is 1. The van der Waals surface area contributed by atoms with Gasteiger partial charge in [-0.25, -0.2) is 0 Å². The minimum Gasteiger partial charge on any atom is -0.497 e. The van der Waals surface area contributed by atoms with Crippen LogP contribution in [-0.2, 0) is 19.7 Å². The highest BCUT2D eigenvalue weighted by Crippen LogP contribution is 2.36. The Morgan fingerprint density at radius 1 is 1.23 bits per heavy atom. The molecule has 2 unspecified atom stereocenters. The second-order valence-corrected chi connectivity index (χ2v) is 8.30. The van der Waals surface area contributed by atoms with Crippen LogP contribution in [0.25, 0.3) is 0 Å². The molecule has 0 aromatic heterocycles. The van der Waals surface area contributed by atoms with Gasteiger partial charge in [-0.05, 0) is 43.4 Å². The Morgan fingerprint density at radius 2 is 1.93 bits per heavy atom. The van der Waals surface area contributed by atoms with Gasteiger partial charge in [-0.1, -0.05) is 19.1 Å². The van der Waals surface area contributed by atoms with Crippen molar-refractivity contribution in [1.82, 2.24) is 10.2 Å². The van der Waals surface area contributed by atoms with Crippen LogP contribution in [0.3, 0.4) is 0 Å². The summed E-state index contributed by atoms with van der Waals surface area (Å²) in [6.07, 6.45) is 1.87. The van der Waals surface area contributed by atoms with Crippen molar-refractivity contribution in [3.8, 4) is 5.75 Å². The molecule has 0 saturated carbocycles. The first-order chi connectivity index (χ1) is 14.5. The first kappa shape index (κ1) is 22.4. The van der Waals surface area contributed by atoms with Gasteiger partial charge in [0, 0.05) is 38.3 Å². The second-order valence-electron chi connectivity index (χ2n) is 8.30. The van der Waals surface area contributed by atoms with Gasteiger partial charge >= 0.3 is 5.97 Å². The lowest BCUT2D eigenvalue weighted by Crippen LogP contribution is -2.43. The molecule has 7 nitrogen and oxygen atoms in total. The standard InChI is InChI=1S/C23H35N3O4/c1-5-24-22(26-14-17(2)20(15-26)21(27)29-4)25-16-23(10-12-30-13-11-23)18-6-8-19(28-3)9-7-18/h6-9,17,20H,5,10-16H2,1-4H3,(H,24,25). The molecular formula is C23H35N3O4. The summed E-state index contributed by atoms with van der Waals surface area (Å²) in [7, 11) is 3.14. The number of esters is 1. The highest BCUT2D eigenvalue weighted by Gasteiger charge is 2.38. The van der Waals surface area contributed by atoms with E-state index in [9.17, 15) is 4.79 Å². The van der Waals surface area contributed by atoms with Crippen LogP contribution < -0.4 is 10.1 Å². The monoisotopic (exact) mass is 417 g/mol. The third-order valence-electron chi connectivity index (χ3n) is 6.43. The molecule has 30 heavy (non-hydrogen) atoms. The SMILES string of the molecule is CCNC(=NCC1(c2ccc(OC)cc2)CCOCC1)N1CC(C)C(C(=O)OC)C1. The van der Waals surface area contributed by atoms with E-state index < -0.39 is 0 Å². The van der Waals surface area contributed by atoms with Gasteiger partial charge < -0.3 is 24.4 Å². The molecule has 1 aromatic rings. The number of nitrogens with one attached hydrogen (secondary N) is 1. The third kappa shape index (κ3) is 4.89. The third-order valence-corrected chi connectivity index (χ3v) is 6.43. The lowest BCUT2D eigenvalue weighted by molar-refractivity contribution is -0.145. The lowest BCUT2D eigenvalue weighted by atomic mass is 9.74. The topological polar surface area (TPSA) is 72.4 Å². The molecule has 2 aliphatic rings. The fourth-order valence-corrected chi connectivity index (χ4v) is 4.49. The maximum atomic E-state index is 12.1. The Hall–Kier alpha value is -2.28. The Labute approximate surface area is 179 Å². The van der Waals surface area contributed by atoms with Crippen LogP contribution in [0.1, 0.15) is 32.3 Å². The number of benzene rings is 1. The summed E-state index contributed by atoms with van der Waals surface area (Å²) in [5.74, 6) is 1.71. The first-order valence-electron chi connectivity index (χ1n) is 10.9. The van der Waals surface area contributed by atoms with Gasteiger partial charge in [0.1, 0.15) is 5.75 Å². The van der Waals surface area contributed by atoms with Gasteiger partial charge in [0.25, 0.3) is 0 Å². The van der Waals surface area contributed by atoms with E-state index in [0.717, 1.165) is 50.9 Å². The van der Waals surface area contributed by atoms with E-state index in [1.54, 1.807) is 7.11 Å². The summed E-state index contributed by atoms with van der Waals surface area (Å²) in [6.45, 7) is 8.54. The van der Waals surface area contributed by atoms with Crippen LogP contribution in [0.2, 0.25) is 0 Å². The number of methoxy groups -OCH3 is 2. The number of aliphatic imine (C=N–C) groups is 1. The van der Waals surface area contributed by atoms with Crippen LogP contribution in [0, 0.1) is 11.8 Å². The zero-order chi connectivity index (χ0) is 21.6. The van der Waals surface area contributed by atoms with Gasteiger partial charge in [-0.3, -0.25) is 9.79 Å². The number of nitrogens with zero attached hydrogens (tertiary/aromatic N) is 2. The molecular weight excluding hydrogens is 382 g/mol. The molecule has 0 amide bonds. The number of likely N-dealkylation sites (tertiary alicyclic amines) is 1. The lowest BCUT2D eigenvalue weighted by Gasteiger charge is -2.37. The van der Waals surface area contributed by atoms with Gasteiger partial charge in [-0.15, -0.1) is 0 Å². The number of ether oxygens (including phenoxy) is 3. The second kappa shape index (κ2) is 10.2. The number of hydrogen-bond donors (Lipinski definition) is 1. The summed E-state index contributed by atoms with van der Waals surface area (Å²) >= 11 is 0. The maximum absolute atomic E-state index is 12.1. The van der Waals surface area contributed by atoms with Crippen LogP contribution in [0.5, 0.6) is 5.75 Å². The molecule has 2 atom stereocenters. The van der Waals surface area contributed by atoms with Crippen molar-refractivity contribution in [2.75, 3.05) is 53.6 Å². The molecule has 166 valence electrons. The molecule has 1 aromatic carbocycles. The van der Waals surface area contributed by atoms with Crippen LogP contribution in [0.15, 0.2) is 29.3 Å². The van der Waals surface area contributed by atoms with E-state index in [1.807, 2.05) is 12.1 Å². The van der Waals surface area contributed by atoms with Crippen LogP contribution >= 0.6 is 0 Å². The Balaban J connectivity index is 1.82. The van der Waals surface area contributed by atoms with Gasteiger partial charge in [0.2, 0.25) is 0 Å². The number of hydrogen-bond acceptors (Lipinski definition) is 5. The van der Waals surface area contributed by atoms with Crippen molar-refractivity contribution in [2.45, 2.75) is 32.1 Å². The van der Waals surface area contributed by atoms with E-state index in [-0.39, 0.29) is 23.2 Å². The Kier molecular flexibility index (Phi) is 7.58. The molecule has 3 rings (SSSR count). The summed E-state index contributed by atoms with van der Waals surface area (Å²) in [6, 6.07) is 8.34. The van der Waals surface area contributed by atoms with E-state index in [4.69, 9.17) is 19.2 Å². The van der Waals surface area contributed by atoms with E-state index in [2.05, 4.69) is 36.2 Å². The predicted molar refractivity (Wildman–Crippen MR) is 117 cm³/mol. The van der Waals surface area contributed by atoms with Gasteiger partial charge in [0.15, 0.2) is 5.96 Å². The Morgan fingerprint density at radius 3 is 2.53 bits per heavy atom. The fourth-order valence-electron chi connectivity index (χ4n) is 4.49. The van der Waals surface area contributed by atoms with E-state index in [0.29, 0.717) is 13.1 Å². The maximum Gasteiger partial charge on any atom is 0.310 e. The molecule has 0 bridgehead atoms. The number of rotatable bonds is 6. The smallest absolute Gasteiger partial charge is 0.310 e. The van der Waals surface area contributed by atoms with Crippen LogP contribution in [-0.4, -0.2) is 70.4 Å². The zero-order valence-corrected chi connectivity index (χ0v) is 18.6. The highest BCUT2D eigenvalue weighted by atomic mass is 16.5. The summed E-state index contributed by atoms with van der Waals surface area (Å²) in [5, 5.41) is 3.42. The van der Waals surface area contributed by atoms with Crippen molar-refractivity contribution in [3.05, 3.63) is 29.8 Å². The summed E-state index contributed by atoms with van der Waals surface area (Å²) < 4.78 is 16.0. The Bertz CT molecular complexity index is 728. The largest absolute Gasteiger partial charge is 0.497 e. The fraction of sp³-hybridized carbons (Fsp3) is 0.652. The summed E-state index contributed by atoms with van der Waals surface area (Å²) in [4.78, 5) is 19.4. The molecule has 2 heterocycles. The molecule has 0 spiro atoms. The van der Waals surface area contributed by atoms with Crippen molar-refractivity contribution >= 4 is 11.9 Å². The van der Waals surface area contributed by atoms with Crippen LogP contribution in [0.4, 0.5) is 0 Å². The van der Waals surface area contributed by atoms with Crippen molar-refractivity contribution < 1.29 is 19.0 Å². The van der Waals surface area contributed by atoms with E-state index >= 15 is 0 Å². The zero-order valence-electron chi connectivity index (χ0n) is 18.6. The minimum absolute atomic E-state index is 0.0573. The average Bonchev–Trinajstić information content (AvgIpc) is 3.18. The van der Waals surface area contributed by atoms with Crippen molar-refractivity contribution in [3.63, 3.8) is 0 Å². The molecule has 2 fully saturated rings. The highest BCUT2D eigenvalue weighted by molar-refractivity contribution is 5.82. The summed E-state index contributed by atoms with van der Waals surface area (Å²) in [5.41, 5.74) is 1.21. The molecule has 1 N–H and O–H groups in total. The number of guanidine groups is 1. The molecule has 7 heteroatoms. The average molecular weight is 418 g/mol. The minimum atomic E-state index is -0.139. The molecule has 0 radical (unpaired) electrons. The van der Waals surface area contributed by atoms with E-state index in [1.165, 1.54) is 12.7 Å². The van der Waals surface area contributed by atoms with Crippen molar-refractivity contribution in [1.29, 1.82) is 0 Å². The molecule has 2 aliphatic heterocycles. The quantitative estimate of drug-likeness (QED) is 0.436. The molecule has 2 saturated heterocycles.